The molecule has 0 heterocycles. The maximum Gasteiger partial charge on any atom is 0.0911 e. The van der Waals surface area contributed by atoms with E-state index < -0.39 is 0 Å². The molecule has 0 aliphatic rings. The van der Waals surface area contributed by atoms with Gasteiger partial charge in [0.05, 0.1) is 26.7 Å². The Labute approximate surface area is 393 Å². The molecule has 0 fully saturated rings. The number of nitrogens with zero attached hydrogens (tertiary/aromatic N) is 1. The summed E-state index contributed by atoms with van der Waals surface area (Å²) in [7, 11) is 5.10. The van der Waals surface area contributed by atoms with Crippen LogP contribution in [-0.2, 0) is 0 Å². The highest BCUT2D eigenvalue weighted by atomic mass is 15.3. The number of nitrogens with one attached hydrogen (secondary N) is 1. The number of hydrogen-bond donors (Lipinski definition) is 1. The molecule has 0 atom stereocenters. The van der Waals surface area contributed by atoms with Gasteiger partial charge < -0.3 is 9.80 Å². The van der Waals surface area contributed by atoms with E-state index in [4.69, 9.17) is 0 Å². The van der Waals surface area contributed by atoms with Crippen LogP contribution in [0.15, 0.2) is 48.6 Å². The zero-order valence-electron chi connectivity index (χ0n) is 43.7. The fraction of sp³-hybridized carbons (Fsp3) is 0.867. The predicted molar refractivity (Wildman–Crippen MR) is 286 cm³/mol. The molecule has 62 heavy (non-hydrogen) atoms. The van der Waals surface area contributed by atoms with Gasteiger partial charge in [-0.1, -0.05) is 249 Å². The van der Waals surface area contributed by atoms with Gasteiger partial charge in [-0.3, -0.25) is 0 Å². The number of quaternary nitrogens is 1. The first kappa shape index (κ1) is 60.9. The first-order chi connectivity index (χ1) is 30.6. The molecule has 0 saturated carbocycles. The summed E-state index contributed by atoms with van der Waals surface area (Å²) in [6.07, 6.45) is 78.8. The Kier molecular flexibility index (Phi) is 51.6. The summed E-state index contributed by atoms with van der Waals surface area (Å²) < 4.78 is 1.20. The van der Waals surface area contributed by atoms with Gasteiger partial charge in [-0.15, -0.1) is 0 Å². The van der Waals surface area contributed by atoms with Crippen molar-refractivity contribution >= 4 is 0 Å². The van der Waals surface area contributed by atoms with Crippen LogP contribution in [0.3, 0.4) is 0 Å². The normalized spacial score (nSPS) is 12.6. The third kappa shape index (κ3) is 48.3. The van der Waals surface area contributed by atoms with E-state index in [9.17, 15) is 0 Å². The molecule has 2 nitrogen and oxygen atoms in total. The van der Waals surface area contributed by atoms with Crippen LogP contribution in [0.2, 0.25) is 0 Å². The smallest absolute Gasteiger partial charge is 0.0911 e. The summed E-state index contributed by atoms with van der Waals surface area (Å²) in [4.78, 5) is 0. The van der Waals surface area contributed by atoms with E-state index in [1.165, 1.54) is 287 Å². The Morgan fingerprint density at radius 2 is 0.581 bits per heavy atom. The van der Waals surface area contributed by atoms with Gasteiger partial charge in [-0.25, -0.2) is 0 Å². The van der Waals surface area contributed by atoms with Crippen LogP contribution >= 0.6 is 0 Å². The van der Waals surface area contributed by atoms with Crippen molar-refractivity contribution in [3.8, 4) is 0 Å². The van der Waals surface area contributed by atoms with Crippen LogP contribution < -0.4 is 5.32 Å². The summed E-state index contributed by atoms with van der Waals surface area (Å²) in [5, 5.41) is 3.86. The molecule has 0 aromatic heterocycles. The molecule has 1 N–H and O–H groups in total. The van der Waals surface area contributed by atoms with Crippen molar-refractivity contribution in [3.63, 3.8) is 0 Å². The highest BCUT2D eigenvalue weighted by Gasteiger charge is 2.27. The molecule has 0 rings (SSSR count). The highest BCUT2D eigenvalue weighted by Crippen LogP contribution is 2.22. The molecule has 0 aromatic carbocycles. The molecule has 0 amide bonds. The van der Waals surface area contributed by atoms with Gasteiger partial charge in [0.25, 0.3) is 0 Å². The summed E-state index contributed by atoms with van der Waals surface area (Å²) in [6.45, 7) is 10.5. The fourth-order valence-electron chi connectivity index (χ4n) is 9.23. The van der Waals surface area contributed by atoms with E-state index in [1.54, 1.807) is 0 Å². The lowest BCUT2D eigenvalue weighted by atomic mass is 9.97. The number of allylic oxidation sites excluding steroid dienone is 8. The second-order valence-electron chi connectivity index (χ2n) is 20.3. The van der Waals surface area contributed by atoms with E-state index in [1.807, 2.05) is 0 Å². The number of unbranched alkanes of at least 4 members (excludes halogenated alkanes) is 34. The maximum atomic E-state index is 3.86. The monoisotopic (exact) mass is 866 g/mol. The first-order valence-electron chi connectivity index (χ1n) is 28.7. The van der Waals surface area contributed by atoms with E-state index >= 15 is 0 Å². The minimum atomic E-state index is 0.814. The highest BCUT2D eigenvalue weighted by molar-refractivity contribution is 4.93. The van der Waals surface area contributed by atoms with E-state index in [0.717, 1.165) is 18.9 Å². The molecule has 366 valence electrons. The standard InChI is InChI=1S/C60H117N2/c1-6-9-12-15-18-21-24-27-30-33-36-39-42-45-48-51-54-57-61-58-59-62(4,5)60(55-52-49-46-43-40-37-34-31-28-25-22-19-16-13-10-7-2)56-53-50-47-44-41-38-35-32-29-26-23-20-17-14-11-8-3/h19-20,22-23,28-29,31-32,60-61H,6-18,21,24-27,30,33-59H2,1-5H3/q+1/b22-19-,23-20-,31-28-,32-29-. The quantitative estimate of drug-likeness (QED) is 0.0365. The molecule has 0 unspecified atom stereocenters. The lowest BCUT2D eigenvalue weighted by Gasteiger charge is -2.39. The first-order valence-corrected chi connectivity index (χ1v) is 28.7. The third-order valence-electron chi connectivity index (χ3n) is 13.8. The van der Waals surface area contributed by atoms with Gasteiger partial charge in [-0.2, -0.15) is 0 Å². The van der Waals surface area contributed by atoms with Crippen LogP contribution in [0.1, 0.15) is 297 Å². The van der Waals surface area contributed by atoms with Crippen LogP contribution in [0.5, 0.6) is 0 Å². The lowest BCUT2D eigenvalue weighted by molar-refractivity contribution is -0.914. The van der Waals surface area contributed by atoms with Crippen molar-refractivity contribution in [2.75, 3.05) is 33.7 Å². The fourth-order valence-corrected chi connectivity index (χ4v) is 9.23. The van der Waals surface area contributed by atoms with E-state index in [0.29, 0.717) is 0 Å². The van der Waals surface area contributed by atoms with Crippen LogP contribution in [0.4, 0.5) is 0 Å². The number of likely N-dealkylation sites (N-methyl/N-ethyl adjacent to an activating group) is 1. The lowest BCUT2D eigenvalue weighted by Crippen LogP contribution is -2.52. The average molecular weight is 867 g/mol. The minimum Gasteiger partial charge on any atom is -0.325 e. The Balaban J connectivity index is 4.27. The zero-order valence-corrected chi connectivity index (χ0v) is 43.7. The van der Waals surface area contributed by atoms with Crippen LogP contribution in [0, 0.1) is 0 Å². The number of hydrogen-bond acceptors (Lipinski definition) is 1. The third-order valence-corrected chi connectivity index (χ3v) is 13.8. The van der Waals surface area contributed by atoms with E-state index in [-0.39, 0.29) is 0 Å². The van der Waals surface area contributed by atoms with E-state index in [2.05, 4.69) is 88.8 Å². The van der Waals surface area contributed by atoms with Crippen molar-refractivity contribution in [3.05, 3.63) is 48.6 Å². The Morgan fingerprint density at radius 3 is 0.935 bits per heavy atom. The van der Waals surface area contributed by atoms with Gasteiger partial charge in [0.2, 0.25) is 0 Å². The Morgan fingerprint density at radius 1 is 0.306 bits per heavy atom. The summed E-state index contributed by atoms with van der Waals surface area (Å²) >= 11 is 0. The van der Waals surface area contributed by atoms with Gasteiger partial charge in [0.15, 0.2) is 0 Å². The number of rotatable bonds is 52. The van der Waals surface area contributed by atoms with Crippen LogP contribution in [-0.4, -0.2) is 44.3 Å². The molecule has 0 aliphatic heterocycles. The van der Waals surface area contributed by atoms with Crippen molar-refractivity contribution in [2.45, 2.75) is 303 Å². The molecular formula is C60H117N2+. The largest absolute Gasteiger partial charge is 0.325 e. The second kappa shape index (κ2) is 52.5. The molecule has 0 spiro atoms. The topological polar surface area (TPSA) is 12.0 Å². The van der Waals surface area contributed by atoms with Crippen molar-refractivity contribution in [1.29, 1.82) is 0 Å². The molecular weight excluding hydrogens is 749 g/mol. The van der Waals surface area contributed by atoms with Crippen molar-refractivity contribution in [2.24, 2.45) is 0 Å². The van der Waals surface area contributed by atoms with Crippen molar-refractivity contribution in [1.82, 2.24) is 5.32 Å². The molecule has 0 radical (unpaired) electrons. The second-order valence-corrected chi connectivity index (χ2v) is 20.3. The molecule has 2 heteroatoms. The SMILES string of the molecule is CCCCC/C=C\C/C=C\CCCCCCCCC(CCCCCCCC/C=C\C/C=C\CCCCC)[N+](C)(C)CCNCCCCCCCCCCCCCCCCCCC. The average Bonchev–Trinajstić information content (AvgIpc) is 3.27. The minimum absolute atomic E-state index is 0.814. The van der Waals surface area contributed by atoms with Crippen LogP contribution in [0.25, 0.3) is 0 Å². The van der Waals surface area contributed by atoms with Gasteiger partial charge in [0.1, 0.15) is 0 Å². The molecule has 0 saturated heterocycles. The summed E-state index contributed by atoms with van der Waals surface area (Å²) in [6, 6.07) is 0.814. The van der Waals surface area contributed by atoms with Gasteiger partial charge in [-0.05, 0) is 103 Å². The molecule has 0 aliphatic carbocycles. The summed E-state index contributed by atoms with van der Waals surface area (Å²) in [5.74, 6) is 0. The van der Waals surface area contributed by atoms with Gasteiger partial charge in [0, 0.05) is 6.54 Å². The van der Waals surface area contributed by atoms with Gasteiger partial charge >= 0.3 is 0 Å². The predicted octanol–water partition coefficient (Wildman–Crippen LogP) is 20.1. The molecule has 0 bridgehead atoms. The summed E-state index contributed by atoms with van der Waals surface area (Å²) in [5.41, 5.74) is 0. The Bertz CT molecular complexity index is 894. The zero-order chi connectivity index (χ0) is 45.0. The maximum absolute atomic E-state index is 3.86. The Hall–Kier alpha value is -1.12. The molecule has 0 aromatic rings. The van der Waals surface area contributed by atoms with Crippen molar-refractivity contribution < 1.29 is 4.48 Å².